The van der Waals surface area contributed by atoms with Gasteiger partial charge in [0, 0.05) is 35.7 Å². The number of hydrogen-bond donors (Lipinski definition) is 1. The van der Waals surface area contributed by atoms with Crippen molar-refractivity contribution in [2.24, 2.45) is 23.7 Å². The Morgan fingerprint density at radius 1 is 1.14 bits per heavy atom. The van der Waals surface area contributed by atoms with Gasteiger partial charge in [-0.25, -0.2) is 14.3 Å². The third kappa shape index (κ3) is 4.49. The molecule has 7 heteroatoms. The molecule has 1 saturated carbocycles. The van der Waals surface area contributed by atoms with Crippen LogP contribution < -0.4 is 0 Å². The lowest BCUT2D eigenvalue weighted by molar-refractivity contribution is 0.0765. The number of thioether (sulfide) groups is 1. The van der Waals surface area contributed by atoms with Gasteiger partial charge in [0.2, 0.25) is 5.69 Å². The van der Waals surface area contributed by atoms with Crippen LogP contribution in [0.1, 0.15) is 55.2 Å². The topological polar surface area (TPSA) is 57.8 Å². The van der Waals surface area contributed by atoms with Crippen molar-refractivity contribution in [2.45, 2.75) is 47.0 Å². The Kier molecular flexibility index (Phi) is 6.67. The van der Waals surface area contributed by atoms with Crippen LogP contribution in [0.5, 0.6) is 0 Å². The van der Waals surface area contributed by atoms with Gasteiger partial charge in [-0.15, -0.1) is 0 Å². The summed E-state index contributed by atoms with van der Waals surface area (Å²) >= 11 is 1.88. The normalized spacial score (nSPS) is 25.1. The summed E-state index contributed by atoms with van der Waals surface area (Å²) in [6.45, 7) is 18.6. The molecule has 1 aliphatic heterocycles. The highest BCUT2D eigenvalue weighted by atomic mass is 32.2. The lowest BCUT2D eigenvalue weighted by Gasteiger charge is -2.38. The van der Waals surface area contributed by atoms with Crippen molar-refractivity contribution in [1.29, 1.82) is 0 Å². The molecule has 6 nitrogen and oxygen atoms in total. The number of rotatable bonds is 4. The van der Waals surface area contributed by atoms with Crippen LogP contribution in [0.2, 0.25) is 0 Å². The molecular weight excluding hydrogens is 454 g/mol. The van der Waals surface area contributed by atoms with Crippen molar-refractivity contribution in [1.82, 2.24) is 19.5 Å². The van der Waals surface area contributed by atoms with E-state index in [-0.39, 0.29) is 5.91 Å². The Labute approximate surface area is 212 Å². The second kappa shape index (κ2) is 9.73. The summed E-state index contributed by atoms with van der Waals surface area (Å²) in [5.41, 5.74) is 4.78. The van der Waals surface area contributed by atoms with Crippen LogP contribution in [0.15, 0.2) is 24.3 Å². The third-order valence-electron chi connectivity index (χ3n) is 8.04. The molecule has 0 spiro atoms. The van der Waals surface area contributed by atoms with Gasteiger partial charge in [-0.2, -0.15) is 11.8 Å². The number of carbonyl (C=O) groups excluding carboxylic acids is 1. The Morgan fingerprint density at radius 2 is 1.80 bits per heavy atom. The number of carbonyl (C=O) groups is 1. The standard InChI is InChI=1S/C28H35N5OS/c1-17-6-8-21(9-7-17)26-30-27-23(16-22-19(3)14-18(2)15-20(22)4)24(29-5)25(33(27)31-26)28(34)32-10-12-35-13-11-32/h6-9,18-20,22H,10-16H2,1-4H3,(H,30,31). The largest absolute Gasteiger partial charge is 0.337 e. The summed E-state index contributed by atoms with van der Waals surface area (Å²) < 4.78 is 1.81. The minimum absolute atomic E-state index is 0.0602. The van der Waals surface area contributed by atoms with Crippen molar-refractivity contribution < 1.29 is 4.79 Å². The Morgan fingerprint density at radius 3 is 2.43 bits per heavy atom. The van der Waals surface area contributed by atoms with E-state index in [9.17, 15) is 4.79 Å². The predicted octanol–water partition coefficient (Wildman–Crippen LogP) is 6.24. The summed E-state index contributed by atoms with van der Waals surface area (Å²) in [6, 6.07) is 8.25. The quantitative estimate of drug-likeness (QED) is 0.442. The maximum atomic E-state index is 13.8. The first kappa shape index (κ1) is 24.0. The summed E-state index contributed by atoms with van der Waals surface area (Å²) in [4.78, 5) is 24.6. The second-order valence-electron chi connectivity index (χ2n) is 10.7. The van der Waals surface area contributed by atoms with Crippen LogP contribution in [0.4, 0.5) is 5.69 Å². The number of nitrogens with zero attached hydrogens (tertiary/aromatic N) is 4. The molecular formula is C28H35N5OS. The van der Waals surface area contributed by atoms with Gasteiger partial charge in [-0.1, -0.05) is 50.6 Å². The summed E-state index contributed by atoms with van der Waals surface area (Å²) in [5, 5.41) is 3.39. The summed E-state index contributed by atoms with van der Waals surface area (Å²) in [5.74, 6) is 4.92. The van der Waals surface area contributed by atoms with Gasteiger partial charge in [0.15, 0.2) is 5.82 Å². The van der Waals surface area contributed by atoms with Crippen molar-refractivity contribution in [3.05, 3.63) is 52.5 Å². The van der Waals surface area contributed by atoms with Crippen LogP contribution in [0.3, 0.4) is 0 Å². The molecule has 2 aromatic heterocycles. The van der Waals surface area contributed by atoms with Crippen LogP contribution in [-0.4, -0.2) is 50.0 Å². The van der Waals surface area contributed by atoms with E-state index in [0.29, 0.717) is 29.1 Å². The van der Waals surface area contributed by atoms with Crippen molar-refractivity contribution in [3.63, 3.8) is 0 Å². The number of nitrogens with one attached hydrogen (secondary N) is 1. The second-order valence-corrected chi connectivity index (χ2v) is 11.9. The van der Waals surface area contributed by atoms with Gasteiger partial charge in [0.05, 0.1) is 6.57 Å². The molecule has 2 atom stereocenters. The van der Waals surface area contributed by atoms with Crippen LogP contribution in [-0.2, 0) is 6.42 Å². The van der Waals surface area contributed by atoms with E-state index >= 15 is 0 Å². The summed E-state index contributed by atoms with van der Waals surface area (Å²) in [6.07, 6.45) is 3.22. The van der Waals surface area contributed by atoms with E-state index in [1.807, 2.05) is 21.2 Å². The minimum atomic E-state index is -0.0602. The number of aryl methyl sites for hydroxylation is 1. The smallest absolute Gasteiger partial charge is 0.261 e. The van der Waals surface area contributed by atoms with Crippen molar-refractivity contribution in [2.75, 3.05) is 24.6 Å². The first-order valence-electron chi connectivity index (χ1n) is 12.8. The highest BCUT2D eigenvalue weighted by Gasteiger charge is 2.36. The number of aromatic amines is 1. The molecule has 184 valence electrons. The predicted molar refractivity (Wildman–Crippen MR) is 143 cm³/mol. The molecule has 0 radical (unpaired) electrons. The molecule has 1 amide bonds. The number of fused-ring (bicyclic) bond motifs is 1. The Balaban J connectivity index is 1.63. The molecule has 2 fully saturated rings. The SMILES string of the molecule is [C-]#[N+]c1c(CC2C(C)CC(C)CC2C)c2nc(-c3ccc(C)cc3)[nH]n2c1C(=O)N1CCSCC1. The van der Waals surface area contributed by atoms with E-state index in [1.165, 1.54) is 18.4 Å². The van der Waals surface area contributed by atoms with Crippen molar-refractivity contribution >= 4 is 29.0 Å². The van der Waals surface area contributed by atoms with E-state index in [4.69, 9.17) is 11.6 Å². The van der Waals surface area contributed by atoms with E-state index in [1.54, 1.807) is 0 Å². The fourth-order valence-electron chi connectivity index (χ4n) is 6.23. The zero-order chi connectivity index (χ0) is 24.7. The first-order valence-corrected chi connectivity index (χ1v) is 14.0. The van der Waals surface area contributed by atoms with Gasteiger partial charge in [0.25, 0.3) is 5.91 Å². The molecule has 3 aromatic rings. The van der Waals surface area contributed by atoms with Gasteiger partial charge in [0.1, 0.15) is 11.3 Å². The minimum Gasteiger partial charge on any atom is -0.337 e. The highest BCUT2D eigenvalue weighted by molar-refractivity contribution is 7.99. The number of H-pyrrole nitrogens is 1. The van der Waals surface area contributed by atoms with Crippen LogP contribution in [0.25, 0.3) is 21.9 Å². The van der Waals surface area contributed by atoms with Crippen LogP contribution in [0, 0.1) is 37.2 Å². The molecule has 1 aliphatic carbocycles. The molecule has 1 aromatic carbocycles. The monoisotopic (exact) mass is 489 g/mol. The van der Waals surface area contributed by atoms with Crippen LogP contribution >= 0.6 is 11.8 Å². The lowest BCUT2D eigenvalue weighted by Crippen LogP contribution is -2.38. The number of amides is 1. The lowest BCUT2D eigenvalue weighted by atomic mass is 9.67. The number of hydrogen-bond acceptors (Lipinski definition) is 3. The molecule has 2 unspecified atom stereocenters. The number of benzene rings is 1. The zero-order valence-electron chi connectivity index (χ0n) is 21.2. The van der Waals surface area contributed by atoms with Gasteiger partial charge < -0.3 is 4.90 Å². The molecule has 2 aliphatic rings. The maximum Gasteiger partial charge on any atom is 0.261 e. The molecule has 35 heavy (non-hydrogen) atoms. The maximum absolute atomic E-state index is 13.8. The average Bonchev–Trinajstić information content (AvgIpc) is 3.39. The Hall–Kier alpha value is -2.72. The average molecular weight is 490 g/mol. The van der Waals surface area contributed by atoms with E-state index < -0.39 is 0 Å². The van der Waals surface area contributed by atoms with Crippen molar-refractivity contribution in [3.8, 4) is 11.4 Å². The molecule has 1 saturated heterocycles. The summed E-state index contributed by atoms with van der Waals surface area (Å²) in [7, 11) is 0. The molecule has 3 heterocycles. The zero-order valence-corrected chi connectivity index (χ0v) is 22.0. The molecule has 5 rings (SSSR count). The number of aromatic nitrogens is 3. The van der Waals surface area contributed by atoms with E-state index in [2.05, 4.69) is 61.9 Å². The van der Waals surface area contributed by atoms with Gasteiger partial charge >= 0.3 is 0 Å². The molecule has 1 N–H and O–H groups in total. The first-order chi connectivity index (χ1) is 16.9. The molecule has 0 bridgehead atoms. The van der Waals surface area contributed by atoms with E-state index in [0.717, 1.165) is 59.5 Å². The van der Waals surface area contributed by atoms with Gasteiger partial charge in [-0.3, -0.25) is 9.89 Å². The van der Waals surface area contributed by atoms with Gasteiger partial charge in [-0.05, 0) is 49.9 Å². The fourth-order valence-corrected chi connectivity index (χ4v) is 7.14. The highest BCUT2D eigenvalue weighted by Crippen LogP contribution is 2.43. The fraction of sp³-hybridized carbons (Fsp3) is 0.536. The third-order valence-corrected chi connectivity index (χ3v) is 8.98. The Bertz CT molecular complexity index is 1250.